The van der Waals surface area contributed by atoms with Gasteiger partial charge < -0.3 is 14.4 Å². The van der Waals surface area contributed by atoms with E-state index in [4.69, 9.17) is 9.47 Å². The van der Waals surface area contributed by atoms with Crippen LogP contribution in [0.15, 0.2) is 24.3 Å². The molecule has 1 N–H and O–H groups in total. The molecule has 0 bridgehead atoms. The number of likely N-dealkylation sites (N-methyl/N-ethyl adjacent to an activating group) is 1. The summed E-state index contributed by atoms with van der Waals surface area (Å²) in [7, 11) is 0. The lowest BCUT2D eigenvalue weighted by Crippen LogP contribution is -2.34. The highest BCUT2D eigenvalue weighted by molar-refractivity contribution is 5.85. The Labute approximate surface area is 145 Å². The summed E-state index contributed by atoms with van der Waals surface area (Å²) >= 11 is 0. The fourth-order valence-corrected chi connectivity index (χ4v) is 2.10. The number of nitrogens with zero attached hydrogens (tertiary/aromatic N) is 1. The van der Waals surface area contributed by atoms with Gasteiger partial charge in [-0.1, -0.05) is 26.8 Å². The Morgan fingerprint density at radius 2 is 1.96 bits per heavy atom. The van der Waals surface area contributed by atoms with Crippen LogP contribution in [0.5, 0.6) is 5.75 Å². The van der Waals surface area contributed by atoms with Gasteiger partial charge in [-0.3, -0.25) is 5.32 Å². The van der Waals surface area contributed by atoms with Crippen LogP contribution in [0.25, 0.3) is 0 Å². The molecule has 0 spiro atoms. The highest BCUT2D eigenvalue weighted by atomic mass is 35.5. The molecule has 0 saturated heterocycles. The van der Waals surface area contributed by atoms with E-state index in [1.807, 2.05) is 25.1 Å². The van der Waals surface area contributed by atoms with E-state index < -0.39 is 6.09 Å². The number of anilines is 1. The van der Waals surface area contributed by atoms with E-state index in [9.17, 15) is 4.79 Å². The lowest BCUT2D eigenvalue weighted by atomic mass is 10.3. The summed E-state index contributed by atoms with van der Waals surface area (Å²) < 4.78 is 10.9. The number of nitrogens with one attached hydrogen (secondary N) is 1. The Balaban J connectivity index is 0.00000484. The van der Waals surface area contributed by atoms with E-state index >= 15 is 0 Å². The minimum atomic E-state index is -0.438. The highest BCUT2D eigenvalue weighted by Gasteiger charge is 2.12. The molecule has 1 amide bonds. The second-order valence-electron chi connectivity index (χ2n) is 5.20. The smallest absolute Gasteiger partial charge is 0.411 e. The van der Waals surface area contributed by atoms with Crippen LogP contribution in [0.1, 0.15) is 34.1 Å². The van der Waals surface area contributed by atoms with E-state index in [0.29, 0.717) is 12.3 Å². The molecule has 132 valence electrons. The zero-order valence-corrected chi connectivity index (χ0v) is 15.3. The third-order valence-electron chi connectivity index (χ3n) is 3.27. The van der Waals surface area contributed by atoms with Gasteiger partial charge in [0, 0.05) is 18.3 Å². The van der Waals surface area contributed by atoms with E-state index in [0.717, 1.165) is 31.8 Å². The van der Waals surface area contributed by atoms with Crippen molar-refractivity contribution in [2.24, 2.45) is 0 Å². The number of carbonyl (C=O) groups excluding carboxylic acids is 1. The molecule has 5 nitrogen and oxygen atoms in total. The van der Waals surface area contributed by atoms with Crippen LogP contribution in [-0.2, 0) is 4.74 Å². The molecular weight excluding hydrogens is 316 g/mol. The molecule has 0 radical (unpaired) electrons. The quantitative estimate of drug-likeness (QED) is 0.730. The normalized spacial score (nSPS) is 11.5. The van der Waals surface area contributed by atoms with Gasteiger partial charge in [-0.05, 0) is 38.6 Å². The van der Waals surface area contributed by atoms with Crippen LogP contribution < -0.4 is 10.1 Å². The van der Waals surface area contributed by atoms with Crippen LogP contribution in [0, 0.1) is 0 Å². The lowest BCUT2D eigenvalue weighted by Gasteiger charge is -2.22. The first kappa shape index (κ1) is 21.5. The number of hydrogen-bond acceptors (Lipinski definition) is 4. The molecule has 23 heavy (non-hydrogen) atoms. The molecule has 1 aromatic carbocycles. The summed E-state index contributed by atoms with van der Waals surface area (Å²) in [5, 5.41) is 2.74. The van der Waals surface area contributed by atoms with E-state index in [1.165, 1.54) is 0 Å². The van der Waals surface area contributed by atoms with Gasteiger partial charge in [-0.2, -0.15) is 0 Å². The van der Waals surface area contributed by atoms with Gasteiger partial charge in [-0.25, -0.2) is 4.79 Å². The molecule has 0 aliphatic carbocycles. The number of carbonyl (C=O) groups is 1. The molecule has 6 heteroatoms. The molecule has 1 atom stereocenters. The molecule has 0 saturated carbocycles. The predicted molar refractivity (Wildman–Crippen MR) is 96.8 cm³/mol. The number of hydrogen-bond donors (Lipinski definition) is 1. The van der Waals surface area contributed by atoms with Gasteiger partial charge >= 0.3 is 6.09 Å². The van der Waals surface area contributed by atoms with Crippen LogP contribution in [0.4, 0.5) is 10.5 Å². The zero-order chi connectivity index (χ0) is 16.4. The van der Waals surface area contributed by atoms with Crippen molar-refractivity contribution < 1.29 is 14.3 Å². The van der Waals surface area contributed by atoms with Crippen LogP contribution >= 0.6 is 12.4 Å². The molecule has 1 unspecified atom stereocenters. The van der Waals surface area contributed by atoms with Gasteiger partial charge in [-0.15, -0.1) is 12.4 Å². The van der Waals surface area contributed by atoms with Gasteiger partial charge in [0.15, 0.2) is 0 Å². The molecular formula is C17H29ClN2O3. The standard InChI is InChI=1S/C17H28N2O3.ClH/c1-5-11-21-16-10-8-9-15(12-16)18-17(20)22-14(4)13-19(6-2)7-3;/h8-10,12,14H,5-7,11,13H2,1-4H3,(H,18,20);1H. The number of amides is 1. The average molecular weight is 345 g/mol. The first-order valence-corrected chi connectivity index (χ1v) is 8.01. The molecule has 0 heterocycles. The zero-order valence-electron chi connectivity index (χ0n) is 14.5. The fraction of sp³-hybridized carbons (Fsp3) is 0.588. The van der Waals surface area contributed by atoms with Crippen molar-refractivity contribution >= 4 is 24.2 Å². The average Bonchev–Trinajstić information content (AvgIpc) is 2.50. The van der Waals surface area contributed by atoms with Gasteiger partial charge in [0.2, 0.25) is 0 Å². The molecule has 1 aromatic rings. The Morgan fingerprint density at radius 1 is 1.26 bits per heavy atom. The van der Waals surface area contributed by atoms with Crippen LogP contribution in [0.3, 0.4) is 0 Å². The first-order chi connectivity index (χ1) is 10.6. The summed E-state index contributed by atoms with van der Waals surface area (Å²) in [5.74, 6) is 0.746. The van der Waals surface area contributed by atoms with Crippen molar-refractivity contribution in [2.45, 2.75) is 40.2 Å². The first-order valence-electron chi connectivity index (χ1n) is 8.01. The van der Waals surface area contributed by atoms with Crippen molar-refractivity contribution in [3.05, 3.63) is 24.3 Å². The summed E-state index contributed by atoms with van der Waals surface area (Å²) in [6, 6.07) is 7.33. The number of halogens is 1. The molecule has 0 aliphatic rings. The van der Waals surface area contributed by atoms with E-state index in [2.05, 4.69) is 31.0 Å². The minimum absolute atomic E-state index is 0. The lowest BCUT2D eigenvalue weighted by molar-refractivity contribution is 0.0929. The molecule has 0 aliphatic heterocycles. The highest BCUT2D eigenvalue weighted by Crippen LogP contribution is 2.17. The Bertz CT molecular complexity index is 453. The molecule has 1 rings (SSSR count). The summed E-state index contributed by atoms with van der Waals surface area (Å²) in [6.45, 7) is 11.4. The molecule has 0 fully saturated rings. The second-order valence-corrected chi connectivity index (χ2v) is 5.20. The van der Waals surface area contributed by atoms with Gasteiger partial charge in [0.1, 0.15) is 11.9 Å². The van der Waals surface area contributed by atoms with Crippen molar-refractivity contribution in [1.82, 2.24) is 4.90 Å². The minimum Gasteiger partial charge on any atom is -0.494 e. The number of ether oxygens (including phenoxy) is 2. The SMILES string of the molecule is CCCOc1cccc(NC(=O)OC(C)CN(CC)CC)c1.Cl. The third-order valence-corrected chi connectivity index (χ3v) is 3.27. The maximum absolute atomic E-state index is 11.9. The number of benzene rings is 1. The van der Waals surface area contributed by atoms with Gasteiger partial charge in [0.05, 0.1) is 6.61 Å². The maximum atomic E-state index is 11.9. The van der Waals surface area contributed by atoms with E-state index in [1.54, 1.807) is 6.07 Å². The second kappa shape index (κ2) is 12.0. The maximum Gasteiger partial charge on any atom is 0.411 e. The van der Waals surface area contributed by atoms with Crippen molar-refractivity contribution in [3.63, 3.8) is 0 Å². The third kappa shape index (κ3) is 8.67. The largest absolute Gasteiger partial charge is 0.494 e. The van der Waals surface area contributed by atoms with Crippen LogP contribution in [-0.4, -0.2) is 43.3 Å². The van der Waals surface area contributed by atoms with Crippen molar-refractivity contribution in [2.75, 3.05) is 31.6 Å². The Morgan fingerprint density at radius 3 is 2.57 bits per heavy atom. The topological polar surface area (TPSA) is 50.8 Å². The fourth-order valence-electron chi connectivity index (χ4n) is 2.10. The summed E-state index contributed by atoms with van der Waals surface area (Å²) in [6.07, 6.45) is 0.356. The predicted octanol–water partition coefficient (Wildman–Crippen LogP) is 4.18. The summed E-state index contributed by atoms with van der Waals surface area (Å²) in [5.41, 5.74) is 0.675. The van der Waals surface area contributed by atoms with Gasteiger partial charge in [0.25, 0.3) is 0 Å². The Hall–Kier alpha value is -1.46. The van der Waals surface area contributed by atoms with E-state index in [-0.39, 0.29) is 18.5 Å². The van der Waals surface area contributed by atoms with Crippen LogP contribution in [0.2, 0.25) is 0 Å². The monoisotopic (exact) mass is 344 g/mol. The molecule has 0 aromatic heterocycles. The van der Waals surface area contributed by atoms with Crippen molar-refractivity contribution in [1.29, 1.82) is 0 Å². The Kier molecular flexibility index (Phi) is 11.3. The summed E-state index contributed by atoms with van der Waals surface area (Å²) in [4.78, 5) is 14.1. The number of rotatable bonds is 9. The van der Waals surface area contributed by atoms with Crippen molar-refractivity contribution in [3.8, 4) is 5.75 Å².